The number of hydrogen-bond donors (Lipinski definition) is 2. The van der Waals surface area contributed by atoms with Crippen LogP contribution in [0.25, 0.3) is 0 Å². The van der Waals surface area contributed by atoms with Gasteiger partial charge in [0.05, 0.1) is 11.5 Å². The van der Waals surface area contributed by atoms with Crippen molar-refractivity contribution in [3.8, 4) is 0 Å². The predicted molar refractivity (Wildman–Crippen MR) is 87.7 cm³/mol. The van der Waals surface area contributed by atoms with Gasteiger partial charge in [0.1, 0.15) is 5.69 Å². The van der Waals surface area contributed by atoms with E-state index in [0.29, 0.717) is 25.2 Å². The van der Waals surface area contributed by atoms with Crippen molar-refractivity contribution in [1.29, 1.82) is 0 Å². The number of nitrogens with one attached hydrogen (secondary N) is 1. The number of pyridine rings is 1. The van der Waals surface area contributed by atoms with Gasteiger partial charge in [0.2, 0.25) is 5.91 Å². The molecule has 0 aromatic carbocycles. The average Bonchev–Trinajstić information content (AvgIpc) is 2.61. The van der Waals surface area contributed by atoms with E-state index in [1.54, 1.807) is 4.90 Å². The van der Waals surface area contributed by atoms with Crippen LogP contribution in [-0.2, 0) is 4.79 Å². The van der Waals surface area contributed by atoms with E-state index in [1.807, 2.05) is 0 Å². The van der Waals surface area contributed by atoms with Crippen molar-refractivity contribution >= 4 is 17.8 Å². The Hall–Kier alpha value is -2.44. The molecular formula is C17H23N3O4. The Morgan fingerprint density at radius 1 is 1.38 bits per heavy atom. The number of rotatable bonds is 6. The quantitative estimate of drug-likeness (QED) is 0.769. The van der Waals surface area contributed by atoms with Gasteiger partial charge in [-0.15, -0.1) is 0 Å². The van der Waals surface area contributed by atoms with Crippen LogP contribution < -0.4 is 5.32 Å². The first-order chi connectivity index (χ1) is 11.5. The van der Waals surface area contributed by atoms with Gasteiger partial charge in [0, 0.05) is 25.8 Å². The molecule has 7 nitrogen and oxygen atoms in total. The van der Waals surface area contributed by atoms with E-state index < -0.39 is 5.97 Å². The van der Waals surface area contributed by atoms with Crippen molar-refractivity contribution in [3.05, 3.63) is 29.6 Å². The molecule has 1 atom stereocenters. The molecule has 1 unspecified atom stereocenters. The third-order valence-electron chi connectivity index (χ3n) is 4.14. The largest absolute Gasteiger partial charge is 0.477 e. The Morgan fingerprint density at radius 3 is 2.79 bits per heavy atom. The molecule has 1 fully saturated rings. The fourth-order valence-corrected chi connectivity index (χ4v) is 2.74. The zero-order valence-electron chi connectivity index (χ0n) is 13.8. The molecule has 1 aliphatic rings. The highest BCUT2D eigenvalue weighted by atomic mass is 16.4. The summed E-state index contributed by atoms with van der Waals surface area (Å²) < 4.78 is 0. The summed E-state index contributed by atoms with van der Waals surface area (Å²) >= 11 is 0. The van der Waals surface area contributed by atoms with Crippen LogP contribution in [0.5, 0.6) is 0 Å². The maximum Gasteiger partial charge on any atom is 0.354 e. The minimum Gasteiger partial charge on any atom is -0.477 e. The summed E-state index contributed by atoms with van der Waals surface area (Å²) in [6.07, 6.45) is 4.80. The molecule has 130 valence electrons. The molecule has 1 aromatic heterocycles. The standard InChI is InChI=1S/C17H23N3O4/c1-2-3-8-18-15(21)13-5-4-9-20(11-13)16(22)12-6-7-14(17(23)24)19-10-12/h6-7,10,13H,2-5,8-9,11H2,1H3,(H,18,21)(H,23,24). The second-order valence-corrected chi connectivity index (χ2v) is 5.97. The van der Waals surface area contributed by atoms with Gasteiger partial charge in [-0.3, -0.25) is 9.59 Å². The first kappa shape index (κ1) is 17.9. The van der Waals surface area contributed by atoms with E-state index >= 15 is 0 Å². The van der Waals surface area contributed by atoms with E-state index in [-0.39, 0.29) is 23.4 Å². The zero-order valence-corrected chi connectivity index (χ0v) is 13.8. The lowest BCUT2D eigenvalue weighted by Gasteiger charge is -2.32. The molecule has 1 aliphatic heterocycles. The van der Waals surface area contributed by atoms with Gasteiger partial charge < -0.3 is 15.3 Å². The lowest BCUT2D eigenvalue weighted by Crippen LogP contribution is -2.45. The lowest BCUT2D eigenvalue weighted by molar-refractivity contribution is -0.126. The Kier molecular flexibility index (Phi) is 6.28. The van der Waals surface area contributed by atoms with Crippen LogP contribution in [-0.4, -0.2) is 52.4 Å². The highest BCUT2D eigenvalue weighted by Gasteiger charge is 2.28. The maximum absolute atomic E-state index is 12.5. The van der Waals surface area contributed by atoms with Crippen LogP contribution in [0.2, 0.25) is 0 Å². The number of aromatic carboxylic acids is 1. The molecule has 7 heteroatoms. The molecule has 0 spiro atoms. The third-order valence-corrected chi connectivity index (χ3v) is 4.14. The first-order valence-corrected chi connectivity index (χ1v) is 8.29. The summed E-state index contributed by atoms with van der Waals surface area (Å²) in [5.41, 5.74) is 0.241. The number of carbonyl (C=O) groups excluding carboxylic acids is 2. The number of nitrogens with zero attached hydrogens (tertiary/aromatic N) is 2. The molecule has 0 radical (unpaired) electrons. The second-order valence-electron chi connectivity index (χ2n) is 5.97. The molecule has 2 N–H and O–H groups in total. The van der Waals surface area contributed by atoms with E-state index in [4.69, 9.17) is 5.11 Å². The number of amides is 2. The van der Waals surface area contributed by atoms with Crippen molar-refractivity contribution in [2.45, 2.75) is 32.6 Å². The van der Waals surface area contributed by atoms with Gasteiger partial charge in [-0.05, 0) is 31.4 Å². The average molecular weight is 333 g/mol. The zero-order chi connectivity index (χ0) is 17.5. The fourth-order valence-electron chi connectivity index (χ4n) is 2.74. The first-order valence-electron chi connectivity index (χ1n) is 8.29. The minimum absolute atomic E-state index is 0.000278. The van der Waals surface area contributed by atoms with Crippen LogP contribution in [0.15, 0.2) is 18.3 Å². The smallest absolute Gasteiger partial charge is 0.354 e. The van der Waals surface area contributed by atoms with Gasteiger partial charge in [-0.2, -0.15) is 0 Å². The van der Waals surface area contributed by atoms with Crippen molar-refractivity contribution in [3.63, 3.8) is 0 Å². The summed E-state index contributed by atoms with van der Waals surface area (Å²) in [6, 6.07) is 2.78. The molecule has 24 heavy (non-hydrogen) atoms. The van der Waals surface area contributed by atoms with E-state index in [2.05, 4.69) is 17.2 Å². The van der Waals surface area contributed by atoms with Gasteiger partial charge in [0.15, 0.2) is 0 Å². The summed E-state index contributed by atoms with van der Waals surface area (Å²) in [5, 5.41) is 11.8. The van der Waals surface area contributed by atoms with Crippen molar-refractivity contribution < 1.29 is 19.5 Å². The Balaban J connectivity index is 1.96. The Morgan fingerprint density at radius 2 is 2.17 bits per heavy atom. The van der Waals surface area contributed by atoms with Crippen molar-refractivity contribution in [2.24, 2.45) is 5.92 Å². The van der Waals surface area contributed by atoms with Crippen LogP contribution in [0, 0.1) is 5.92 Å². The Labute approximate surface area is 141 Å². The number of carbonyl (C=O) groups is 3. The van der Waals surface area contributed by atoms with E-state index in [9.17, 15) is 14.4 Å². The van der Waals surface area contributed by atoms with Gasteiger partial charge in [-0.1, -0.05) is 13.3 Å². The molecule has 1 saturated heterocycles. The predicted octanol–water partition coefficient (Wildman–Crippen LogP) is 1.55. The third kappa shape index (κ3) is 4.53. The number of hydrogen-bond acceptors (Lipinski definition) is 4. The van der Waals surface area contributed by atoms with Crippen molar-refractivity contribution in [1.82, 2.24) is 15.2 Å². The molecule has 0 aliphatic carbocycles. The second kappa shape index (κ2) is 8.42. The normalized spacial score (nSPS) is 17.4. The summed E-state index contributed by atoms with van der Waals surface area (Å²) in [4.78, 5) is 40.9. The summed E-state index contributed by atoms with van der Waals surface area (Å²) in [5.74, 6) is -1.53. The number of likely N-dealkylation sites (tertiary alicyclic amines) is 1. The fraction of sp³-hybridized carbons (Fsp3) is 0.529. The number of carboxylic acid groups (broad SMARTS) is 1. The Bertz CT molecular complexity index is 600. The molecule has 1 aromatic rings. The van der Waals surface area contributed by atoms with E-state index in [0.717, 1.165) is 25.7 Å². The topological polar surface area (TPSA) is 99.6 Å². The van der Waals surface area contributed by atoms with Crippen LogP contribution in [0.3, 0.4) is 0 Å². The van der Waals surface area contributed by atoms with Gasteiger partial charge >= 0.3 is 5.97 Å². The number of aromatic nitrogens is 1. The monoisotopic (exact) mass is 333 g/mol. The number of piperidine rings is 1. The summed E-state index contributed by atoms with van der Waals surface area (Å²) in [7, 11) is 0. The van der Waals surface area contributed by atoms with Gasteiger partial charge in [-0.25, -0.2) is 9.78 Å². The van der Waals surface area contributed by atoms with Crippen molar-refractivity contribution in [2.75, 3.05) is 19.6 Å². The lowest BCUT2D eigenvalue weighted by atomic mass is 9.96. The molecule has 0 bridgehead atoms. The van der Waals surface area contributed by atoms with Crippen LogP contribution in [0.1, 0.15) is 53.5 Å². The molecular weight excluding hydrogens is 310 g/mol. The van der Waals surface area contributed by atoms with Crippen LogP contribution in [0.4, 0.5) is 0 Å². The molecule has 0 saturated carbocycles. The SMILES string of the molecule is CCCCNC(=O)C1CCCN(C(=O)c2ccc(C(=O)O)nc2)C1. The number of unbranched alkanes of at least 4 members (excludes halogenated alkanes) is 1. The minimum atomic E-state index is -1.13. The van der Waals surface area contributed by atoms with E-state index in [1.165, 1.54) is 18.3 Å². The molecule has 2 amide bonds. The highest BCUT2D eigenvalue weighted by molar-refractivity contribution is 5.95. The maximum atomic E-state index is 12.5. The molecule has 2 heterocycles. The number of carboxylic acids is 1. The summed E-state index contributed by atoms with van der Waals surface area (Å²) in [6.45, 7) is 3.72. The van der Waals surface area contributed by atoms with Crippen LogP contribution >= 0.6 is 0 Å². The van der Waals surface area contributed by atoms with Gasteiger partial charge in [0.25, 0.3) is 5.91 Å². The molecule has 2 rings (SSSR count). The highest BCUT2D eigenvalue weighted by Crippen LogP contribution is 2.19.